The van der Waals surface area contributed by atoms with Gasteiger partial charge in [-0.3, -0.25) is 4.21 Å². The first-order chi connectivity index (χ1) is 15.1. The van der Waals surface area contributed by atoms with Crippen molar-refractivity contribution in [3.63, 3.8) is 0 Å². The van der Waals surface area contributed by atoms with E-state index < -0.39 is 10.8 Å². The van der Waals surface area contributed by atoms with Crippen LogP contribution in [0, 0.1) is 0 Å². The summed E-state index contributed by atoms with van der Waals surface area (Å²) in [6.45, 7) is 1.72. The van der Waals surface area contributed by atoms with E-state index in [0.717, 1.165) is 68.0 Å². The maximum atomic E-state index is 12.9. The Kier molecular flexibility index (Phi) is 4.70. The normalized spacial score (nSPS) is 28.6. The van der Waals surface area contributed by atoms with Gasteiger partial charge in [0.2, 0.25) is 5.95 Å². The maximum Gasteiger partial charge on any atom is 0.225 e. The summed E-state index contributed by atoms with van der Waals surface area (Å²) in [6, 6.07) is 0. The Morgan fingerprint density at radius 1 is 1.23 bits per heavy atom. The molecule has 0 amide bonds. The van der Waals surface area contributed by atoms with E-state index in [-0.39, 0.29) is 23.3 Å². The molecule has 0 radical (unpaired) electrons. The quantitative estimate of drug-likeness (QED) is 0.701. The number of hydrogen-bond acceptors (Lipinski definition) is 8. The molecule has 3 unspecified atom stereocenters. The van der Waals surface area contributed by atoms with Crippen molar-refractivity contribution in [2.45, 2.75) is 66.0 Å². The number of nitrogens with one attached hydrogen (secondary N) is 1. The fourth-order valence-electron chi connectivity index (χ4n) is 5.03. The molecule has 6 rings (SSSR count). The molecule has 2 aromatic rings. The standard InChI is InChI=1S/C21H25ClN6O2S/c22-13-9-23-20(24-10-13)28-6-2-12(3-7-28)18-25-16-14-8-15(14)31(30)17(16)19(26-18)27-21(11-29)4-1-5-21/h9-10,12,14-15,29H,1-8,11H2,(H,25,26,27). The molecule has 164 valence electrons. The van der Waals surface area contributed by atoms with E-state index in [1.54, 1.807) is 12.4 Å². The molecule has 0 bridgehead atoms. The topological polar surface area (TPSA) is 104 Å². The van der Waals surface area contributed by atoms with Gasteiger partial charge in [-0.2, -0.15) is 0 Å². The second kappa shape index (κ2) is 7.35. The molecule has 2 N–H and O–H groups in total. The van der Waals surface area contributed by atoms with Crippen molar-refractivity contribution >= 4 is 34.2 Å². The minimum atomic E-state index is -1.05. The fraction of sp³-hybridized carbons (Fsp3) is 0.619. The van der Waals surface area contributed by atoms with Gasteiger partial charge in [-0.05, 0) is 38.5 Å². The average Bonchev–Trinajstić information content (AvgIpc) is 3.52. The Hall–Kier alpha value is -1.84. The number of rotatable bonds is 5. The van der Waals surface area contributed by atoms with Gasteiger partial charge in [-0.15, -0.1) is 0 Å². The summed E-state index contributed by atoms with van der Waals surface area (Å²) in [6.07, 6.45) is 8.95. The average molecular weight is 461 g/mol. The van der Waals surface area contributed by atoms with E-state index in [1.807, 2.05) is 0 Å². The Bertz CT molecular complexity index is 1030. The Morgan fingerprint density at radius 3 is 2.61 bits per heavy atom. The first kappa shape index (κ1) is 19.8. The van der Waals surface area contributed by atoms with E-state index in [2.05, 4.69) is 20.2 Å². The van der Waals surface area contributed by atoms with Crippen LogP contribution in [-0.2, 0) is 10.8 Å². The molecule has 31 heavy (non-hydrogen) atoms. The second-order valence-electron chi connectivity index (χ2n) is 9.20. The van der Waals surface area contributed by atoms with Crippen LogP contribution in [0.3, 0.4) is 0 Å². The van der Waals surface area contributed by atoms with Gasteiger partial charge in [0.25, 0.3) is 0 Å². The summed E-state index contributed by atoms with van der Waals surface area (Å²) in [4.78, 5) is 21.5. The molecule has 2 aliphatic heterocycles. The first-order valence-electron chi connectivity index (χ1n) is 11.0. The number of halogens is 1. The molecule has 2 aromatic heterocycles. The SMILES string of the molecule is O=S1c2c(NC3(CO)CCC3)nc(C3CCN(c4ncc(Cl)cn4)CC3)nc2C2CC21. The highest BCUT2D eigenvalue weighted by Gasteiger charge is 2.54. The number of aromatic nitrogens is 4. The van der Waals surface area contributed by atoms with Gasteiger partial charge >= 0.3 is 0 Å². The summed E-state index contributed by atoms with van der Waals surface area (Å²) in [7, 11) is -1.05. The van der Waals surface area contributed by atoms with Gasteiger partial charge in [0.05, 0.1) is 46.1 Å². The molecule has 0 aromatic carbocycles. The smallest absolute Gasteiger partial charge is 0.225 e. The highest BCUT2D eigenvalue weighted by Crippen LogP contribution is 2.56. The number of aliphatic hydroxyl groups excluding tert-OH is 1. The predicted octanol–water partition coefficient (Wildman–Crippen LogP) is 2.61. The summed E-state index contributed by atoms with van der Waals surface area (Å²) in [5.41, 5.74) is 0.651. The highest BCUT2D eigenvalue weighted by atomic mass is 35.5. The van der Waals surface area contributed by atoms with Crippen LogP contribution in [0.15, 0.2) is 17.3 Å². The number of anilines is 2. The Morgan fingerprint density at radius 2 is 1.97 bits per heavy atom. The molecule has 3 atom stereocenters. The zero-order chi connectivity index (χ0) is 21.2. The van der Waals surface area contributed by atoms with Gasteiger partial charge < -0.3 is 15.3 Å². The van der Waals surface area contributed by atoms with Gasteiger partial charge in [0, 0.05) is 30.2 Å². The molecule has 0 spiro atoms. The molecule has 3 fully saturated rings. The summed E-state index contributed by atoms with van der Waals surface area (Å²) in [5, 5.41) is 14.2. The van der Waals surface area contributed by atoms with Crippen LogP contribution in [-0.4, -0.2) is 59.7 Å². The van der Waals surface area contributed by atoms with E-state index >= 15 is 0 Å². The monoisotopic (exact) mass is 460 g/mol. The maximum absolute atomic E-state index is 12.9. The van der Waals surface area contributed by atoms with Crippen LogP contribution in [0.25, 0.3) is 0 Å². The van der Waals surface area contributed by atoms with Crippen LogP contribution < -0.4 is 10.2 Å². The molecule has 8 nitrogen and oxygen atoms in total. The molecule has 4 aliphatic rings. The van der Waals surface area contributed by atoms with Crippen LogP contribution in [0.5, 0.6) is 0 Å². The minimum Gasteiger partial charge on any atom is -0.394 e. The summed E-state index contributed by atoms with van der Waals surface area (Å²) < 4.78 is 12.9. The number of aliphatic hydroxyl groups is 1. The van der Waals surface area contributed by atoms with Crippen molar-refractivity contribution in [2.75, 3.05) is 29.9 Å². The number of piperidine rings is 1. The van der Waals surface area contributed by atoms with Crippen molar-refractivity contribution in [3.8, 4) is 0 Å². The minimum absolute atomic E-state index is 0.0695. The predicted molar refractivity (Wildman–Crippen MR) is 118 cm³/mol. The van der Waals surface area contributed by atoms with Gasteiger partial charge in [0.1, 0.15) is 16.5 Å². The number of fused-ring (bicyclic) bond motifs is 3. The zero-order valence-electron chi connectivity index (χ0n) is 17.1. The lowest BCUT2D eigenvalue weighted by atomic mass is 9.77. The van der Waals surface area contributed by atoms with E-state index in [4.69, 9.17) is 21.6 Å². The van der Waals surface area contributed by atoms with Gasteiger partial charge in [-0.25, -0.2) is 19.9 Å². The molecule has 1 saturated heterocycles. The largest absolute Gasteiger partial charge is 0.394 e. The summed E-state index contributed by atoms with van der Waals surface area (Å²) >= 11 is 5.91. The summed E-state index contributed by atoms with van der Waals surface area (Å²) in [5.74, 6) is 2.79. The molecular weight excluding hydrogens is 436 g/mol. The van der Waals surface area contributed by atoms with Crippen molar-refractivity contribution in [2.24, 2.45) is 0 Å². The lowest BCUT2D eigenvalue weighted by Crippen LogP contribution is -2.48. The molecule has 4 heterocycles. The zero-order valence-corrected chi connectivity index (χ0v) is 18.7. The van der Waals surface area contributed by atoms with E-state index in [9.17, 15) is 9.32 Å². The van der Waals surface area contributed by atoms with Crippen molar-refractivity contribution in [1.29, 1.82) is 0 Å². The van der Waals surface area contributed by atoms with Crippen molar-refractivity contribution in [1.82, 2.24) is 19.9 Å². The van der Waals surface area contributed by atoms with Crippen LogP contribution in [0.2, 0.25) is 5.02 Å². The van der Waals surface area contributed by atoms with Crippen molar-refractivity contribution in [3.05, 3.63) is 28.9 Å². The van der Waals surface area contributed by atoms with Crippen LogP contribution >= 0.6 is 11.6 Å². The fourth-order valence-corrected chi connectivity index (χ4v) is 6.93. The molecular formula is C21H25ClN6O2S. The van der Waals surface area contributed by atoms with Gasteiger partial charge in [-0.1, -0.05) is 11.6 Å². The number of nitrogens with zero attached hydrogens (tertiary/aromatic N) is 5. The van der Waals surface area contributed by atoms with E-state index in [1.165, 1.54) is 0 Å². The third-order valence-electron chi connectivity index (χ3n) is 7.21. The number of hydrogen-bond donors (Lipinski definition) is 2. The van der Waals surface area contributed by atoms with E-state index in [0.29, 0.717) is 22.7 Å². The lowest BCUT2D eigenvalue weighted by Gasteiger charge is -2.42. The Labute approximate surface area is 188 Å². The van der Waals surface area contributed by atoms with Crippen LogP contribution in [0.1, 0.15) is 61.9 Å². The van der Waals surface area contributed by atoms with Crippen molar-refractivity contribution < 1.29 is 9.32 Å². The molecule has 2 aliphatic carbocycles. The first-order valence-corrected chi connectivity index (χ1v) is 12.6. The van der Waals surface area contributed by atoms with Crippen LogP contribution in [0.4, 0.5) is 11.8 Å². The Balaban J connectivity index is 1.26. The third kappa shape index (κ3) is 3.32. The molecule has 10 heteroatoms. The third-order valence-corrected chi connectivity index (χ3v) is 9.29. The van der Waals surface area contributed by atoms with Gasteiger partial charge in [0.15, 0.2) is 0 Å². The lowest BCUT2D eigenvalue weighted by molar-refractivity contribution is 0.143. The second-order valence-corrected chi connectivity index (χ2v) is 11.2. The molecule has 2 saturated carbocycles. The highest BCUT2D eigenvalue weighted by molar-refractivity contribution is 7.86.